The van der Waals surface area contributed by atoms with Gasteiger partial charge in [-0.15, -0.1) is 0 Å². The average molecular weight is 378 g/mol. The molecule has 6 heteroatoms. The highest BCUT2D eigenvalue weighted by Gasteiger charge is 2.14. The van der Waals surface area contributed by atoms with Gasteiger partial charge in [-0.05, 0) is 42.8 Å². The number of esters is 1. The fourth-order valence-corrected chi connectivity index (χ4v) is 2.19. The van der Waals surface area contributed by atoms with Gasteiger partial charge in [0.1, 0.15) is 11.3 Å². The van der Waals surface area contributed by atoms with Crippen molar-refractivity contribution in [3.05, 3.63) is 58.1 Å². The largest absolute Gasteiger partial charge is 0.496 e. The number of benzene rings is 2. The Kier molecular flexibility index (Phi) is 5.76. The van der Waals surface area contributed by atoms with E-state index in [9.17, 15) is 9.59 Å². The molecule has 2 aromatic rings. The van der Waals surface area contributed by atoms with Crippen molar-refractivity contribution in [1.29, 1.82) is 0 Å². The van der Waals surface area contributed by atoms with Gasteiger partial charge in [0.15, 0.2) is 6.61 Å². The molecule has 23 heavy (non-hydrogen) atoms. The van der Waals surface area contributed by atoms with Crippen molar-refractivity contribution < 1.29 is 19.1 Å². The van der Waals surface area contributed by atoms with Crippen molar-refractivity contribution in [2.24, 2.45) is 0 Å². The van der Waals surface area contributed by atoms with E-state index in [4.69, 9.17) is 9.47 Å². The van der Waals surface area contributed by atoms with Crippen LogP contribution in [0.5, 0.6) is 5.75 Å². The molecular formula is C17H16BrNO4. The molecule has 0 heterocycles. The van der Waals surface area contributed by atoms with E-state index in [0.29, 0.717) is 11.4 Å². The smallest absolute Gasteiger partial charge is 0.342 e. The van der Waals surface area contributed by atoms with Crippen LogP contribution in [0.1, 0.15) is 15.9 Å². The van der Waals surface area contributed by atoms with Crippen LogP contribution < -0.4 is 10.1 Å². The van der Waals surface area contributed by atoms with Crippen LogP contribution in [-0.4, -0.2) is 25.6 Å². The average Bonchev–Trinajstić information content (AvgIpc) is 2.56. The lowest BCUT2D eigenvalue weighted by Gasteiger charge is -2.09. The maximum atomic E-state index is 12.0. The number of amides is 1. The number of anilines is 1. The molecule has 0 fully saturated rings. The van der Waals surface area contributed by atoms with E-state index >= 15 is 0 Å². The summed E-state index contributed by atoms with van der Waals surface area (Å²) in [5.74, 6) is -0.610. The van der Waals surface area contributed by atoms with Gasteiger partial charge < -0.3 is 14.8 Å². The van der Waals surface area contributed by atoms with Crippen LogP contribution in [0.25, 0.3) is 0 Å². The molecule has 0 atom stereocenters. The summed E-state index contributed by atoms with van der Waals surface area (Å²) in [4.78, 5) is 23.9. The first-order chi connectivity index (χ1) is 11.0. The molecule has 0 saturated carbocycles. The zero-order valence-corrected chi connectivity index (χ0v) is 14.3. The Hall–Kier alpha value is -2.34. The van der Waals surface area contributed by atoms with Crippen LogP contribution in [0.3, 0.4) is 0 Å². The van der Waals surface area contributed by atoms with E-state index in [1.807, 2.05) is 19.1 Å². The molecule has 1 amide bonds. The van der Waals surface area contributed by atoms with Crippen LogP contribution in [0.4, 0.5) is 5.69 Å². The van der Waals surface area contributed by atoms with Crippen molar-refractivity contribution in [3.8, 4) is 5.75 Å². The molecule has 0 bridgehead atoms. The minimum Gasteiger partial charge on any atom is -0.496 e. The topological polar surface area (TPSA) is 64.6 Å². The standard InChI is InChI=1S/C17H16BrNO4/c1-11-9-12(7-8-14(11)18)19-16(20)10-23-17(21)13-5-3-4-6-15(13)22-2/h3-9H,10H2,1-2H3,(H,19,20). The fraction of sp³-hybridized carbons (Fsp3) is 0.176. The third-order valence-corrected chi connectivity index (χ3v) is 3.99. The van der Waals surface area contributed by atoms with Crippen LogP contribution in [0.2, 0.25) is 0 Å². The number of ether oxygens (including phenoxy) is 2. The maximum absolute atomic E-state index is 12.0. The Morgan fingerprint density at radius 2 is 1.91 bits per heavy atom. The number of carbonyl (C=O) groups excluding carboxylic acids is 2. The molecule has 0 aliphatic heterocycles. The number of halogens is 1. The second kappa shape index (κ2) is 7.78. The molecule has 120 valence electrons. The van der Waals surface area contributed by atoms with E-state index in [2.05, 4.69) is 21.2 Å². The lowest BCUT2D eigenvalue weighted by atomic mass is 10.2. The van der Waals surface area contributed by atoms with Gasteiger partial charge in [0.05, 0.1) is 7.11 Å². The third kappa shape index (κ3) is 4.56. The van der Waals surface area contributed by atoms with Gasteiger partial charge in [0, 0.05) is 10.2 Å². The minimum atomic E-state index is -0.607. The third-order valence-electron chi connectivity index (χ3n) is 3.10. The molecule has 5 nitrogen and oxygen atoms in total. The molecule has 0 unspecified atom stereocenters. The lowest BCUT2D eigenvalue weighted by molar-refractivity contribution is -0.119. The summed E-state index contributed by atoms with van der Waals surface area (Å²) in [6, 6.07) is 12.1. The fourth-order valence-electron chi connectivity index (χ4n) is 1.94. The van der Waals surface area contributed by atoms with Crippen molar-refractivity contribution in [2.45, 2.75) is 6.92 Å². The van der Waals surface area contributed by atoms with Crippen molar-refractivity contribution in [1.82, 2.24) is 0 Å². The van der Waals surface area contributed by atoms with Crippen LogP contribution in [0, 0.1) is 6.92 Å². The predicted octanol–water partition coefficient (Wildman–Crippen LogP) is 3.56. The maximum Gasteiger partial charge on any atom is 0.342 e. The molecular weight excluding hydrogens is 362 g/mol. The van der Waals surface area contributed by atoms with Gasteiger partial charge in [-0.2, -0.15) is 0 Å². The summed E-state index contributed by atoms with van der Waals surface area (Å²) >= 11 is 3.39. The van der Waals surface area contributed by atoms with E-state index in [0.717, 1.165) is 10.0 Å². The molecule has 0 spiro atoms. The van der Waals surface area contributed by atoms with E-state index in [1.165, 1.54) is 7.11 Å². The molecule has 0 aliphatic carbocycles. The van der Waals surface area contributed by atoms with Crippen LogP contribution in [-0.2, 0) is 9.53 Å². The Morgan fingerprint density at radius 3 is 2.61 bits per heavy atom. The first kappa shape index (κ1) is 17.0. The van der Waals surface area contributed by atoms with Gasteiger partial charge in [0.25, 0.3) is 5.91 Å². The number of hydrogen-bond donors (Lipinski definition) is 1. The molecule has 0 aromatic heterocycles. The van der Waals surface area contributed by atoms with Crippen molar-refractivity contribution in [3.63, 3.8) is 0 Å². The van der Waals surface area contributed by atoms with E-state index in [-0.39, 0.29) is 12.2 Å². The summed E-state index contributed by atoms with van der Waals surface area (Å²) in [7, 11) is 1.47. The molecule has 2 rings (SSSR count). The number of para-hydroxylation sites is 1. The Bertz CT molecular complexity index is 730. The Balaban J connectivity index is 1.93. The van der Waals surface area contributed by atoms with Gasteiger partial charge in [0.2, 0.25) is 0 Å². The number of hydrogen-bond acceptors (Lipinski definition) is 4. The molecule has 0 aliphatic rings. The van der Waals surface area contributed by atoms with E-state index in [1.54, 1.807) is 30.3 Å². The summed E-state index contributed by atoms with van der Waals surface area (Å²) in [6.07, 6.45) is 0. The monoisotopic (exact) mass is 377 g/mol. The van der Waals surface area contributed by atoms with Crippen LogP contribution in [0.15, 0.2) is 46.9 Å². The predicted molar refractivity (Wildman–Crippen MR) is 90.8 cm³/mol. The highest BCUT2D eigenvalue weighted by molar-refractivity contribution is 9.10. The first-order valence-electron chi connectivity index (χ1n) is 6.87. The summed E-state index contributed by atoms with van der Waals surface area (Å²) in [5, 5.41) is 2.68. The molecule has 2 aromatic carbocycles. The quantitative estimate of drug-likeness (QED) is 0.809. The highest BCUT2D eigenvalue weighted by Crippen LogP contribution is 2.20. The van der Waals surface area contributed by atoms with Crippen molar-refractivity contribution >= 4 is 33.5 Å². The normalized spacial score (nSPS) is 10.0. The van der Waals surface area contributed by atoms with Gasteiger partial charge in [-0.1, -0.05) is 28.1 Å². The number of rotatable bonds is 5. The van der Waals surface area contributed by atoms with E-state index < -0.39 is 11.9 Å². The summed E-state index contributed by atoms with van der Waals surface area (Å²) < 4.78 is 11.1. The minimum absolute atomic E-state index is 0.280. The zero-order valence-electron chi connectivity index (χ0n) is 12.8. The Morgan fingerprint density at radius 1 is 1.17 bits per heavy atom. The lowest BCUT2D eigenvalue weighted by Crippen LogP contribution is -2.21. The number of methoxy groups -OCH3 is 1. The van der Waals surface area contributed by atoms with Crippen molar-refractivity contribution in [2.75, 3.05) is 19.0 Å². The first-order valence-corrected chi connectivity index (χ1v) is 7.66. The van der Waals surface area contributed by atoms with Crippen LogP contribution >= 0.6 is 15.9 Å². The SMILES string of the molecule is COc1ccccc1C(=O)OCC(=O)Nc1ccc(Br)c(C)c1. The zero-order chi connectivity index (χ0) is 16.8. The van der Waals surface area contributed by atoms with Gasteiger partial charge in [-0.3, -0.25) is 4.79 Å². The highest BCUT2D eigenvalue weighted by atomic mass is 79.9. The summed E-state index contributed by atoms with van der Waals surface area (Å²) in [5.41, 5.74) is 1.92. The van der Waals surface area contributed by atoms with Gasteiger partial charge >= 0.3 is 5.97 Å². The number of carbonyl (C=O) groups is 2. The molecule has 0 radical (unpaired) electrons. The summed E-state index contributed by atoms with van der Waals surface area (Å²) in [6.45, 7) is 1.55. The second-order valence-corrected chi connectivity index (χ2v) is 5.64. The molecule has 0 saturated heterocycles. The number of aryl methyl sites for hydroxylation is 1. The van der Waals surface area contributed by atoms with Gasteiger partial charge in [-0.25, -0.2) is 4.79 Å². The Labute approximate surface area is 142 Å². The molecule has 1 N–H and O–H groups in total. The number of nitrogens with one attached hydrogen (secondary N) is 1. The second-order valence-electron chi connectivity index (χ2n) is 4.79.